The molecule has 334 valence electrons. The summed E-state index contributed by atoms with van der Waals surface area (Å²) in [6.45, 7) is 9.57. The van der Waals surface area contributed by atoms with Crippen LogP contribution in [0.2, 0.25) is 0 Å². The van der Waals surface area contributed by atoms with Gasteiger partial charge in [0, 0.05) is 23.6 Å². The summed E-state index contributed by atoms with van der Waals surface area (Å²) < 4.78 is 0. The monoisotopic (exact) mass is 845 g/mol. The average molecular weight is 845 g/mol. The molecule has 0 aliphatic heterocycles. The summed E-state index contributed by atoms with van der Waals surface area (Å²) in [5.41, 5.74) is 31.8. The zero-order valence-corrected chi connectivity index (χ0v) is 35.3. The summed E-state index contributed by atoms with van der Waals surface area (Å²) in [5, 5.41) is 28.4. The van der Waals surface area contributed by atoms with Gasteiger partial charge in [-0.25, -0.2) is 0 Å². The van der Waals surface area contributed by atoms with Crippen molar-refractivity contribution < 1.29 is 38.7 Å². The van der Waals surface area contributed by atoms with E-state index < -0.39 is 96.7 Å². The number of nitrogens with one attached hydrogen (secondary N) is 6. The highest BCUT2D eigenvalue weighted by molar-refractivity contribution is 5.96. The molecule has 0 aliphatic rings. The predicted octanol–water partition coefficient (Wildman–Crippen LogP) is -1.29. The number of primary amides is 1. The van der Waals surface area contributed by atoms with Gasteiger partial charge in [-0.05, 0) is 48.1 Å². The highest BCUT2D eigenvalue weighted by Crippen LogP contribution is 2.16. The molecule has 0 unspecified atom stereocenters. The Hall–Kier alpha value is -5.99. The molecular formula is C38H64N14O8. The van der Waals surface area contributed by atoms with Crippen LogP contribution in [0.1, 0.15) is 79.2 Å². The van der Waals surface area contributed by atoms with Gasteiger partial charge >= 0.3 is 0 Å². The Balaban J connectivity index is 3.33. The number of hydrogen-bond acceptors (Lipinski definition) is 11. The second kappa shape index (κ2) is 26.9. The van der Waals surface area contributed by atoms with E-state index in [0.717, 1.165) is 0 Å². The van der Waals surface area contributed by atoms with E-state index in [4.69, 9.17) is 28.5 Å². The number of amides is 7. The molecular weight excluding hydrogens is 781 g/mol. The highest BCUT2D eigenvalue weighted by atomic mass is 16.3. The lowest BCUT2D eigenvalue weighted by Crippen LogP contribution is -2.59. The van der Waals surface area contributed by atoms with E-state index in [2.05, 4.69) is 46.9 Å². The van der Waals surface area contributed by atoms with E-state index in [9.17, 15) is 38.7 Å². The smallest absolute Gasteiger partial charge is 0.243 e. The predicted molar refractivity (Wildman–Crippen MR) is 224 cm³/mol. The summed E-state index contributed by atoms with van der Waals surface area (Å²) in [6, 6.07) is -0.848. The van der Waals surface area contributed by atoms with E-state index in [1.165, 1.54) is 12.1 Å². The molecule has 0 saturated heterocycles. The van der Waals surface area contributed by atoms with Crippen LogP contribution in [0, 0.1) is 17.8 Å². The van der Waals surface area contributed by atoms with Gasteiger partial charge in [0.2, 0.25) is 41.4 Å². The molecule has 0 aromatic heterocycles. The molecule has 0 bridgehead atoms. The van der Waals surface area contributed by atoms with Gasteiger partial charge in [0.05, 0.1) is 13.2 Å². The maximum Gasteiger partial charge on any atom is 0.243 e. The largest absolute Gasteiger partial charge is 0.394 e. The van der Waals surface area contributed by atoms with Crippen molar-refractivity contribution in [1.82, 2.24) is 31.9 Å². The molecule has 0 fully saturated rings. The first-order chi connectivity index (χ1) is 28.3. The van der Waals surface area contributed by atoms with E-state index in [1.54, 1.807) is 32.9 Å². The first-order valence-electron chi connectivity index (χ1n) is 19.9. The summed E-state index contributed by atoms with van der Waals surface area (Å²) in [7, 11) is 0. The molecule has 1 rings (SSSR count). The number of nitrogens with two attached hydrogens (primary N) is 4. The molecule has 22 nitrogen and oxygen atoms in total. The van der Waals surface area contributed by atoms with Crippen LogP contribution in [-0.2, 0) is 40.0 Å². The van der Waals surface area contributed by atoms with Crippen LogP contribution in [0.4, 0.5) is 5.69 Å². The average Bonchev–Trinajstić information content (AvgIpc) is 3.20. The summed E-state index contributed by atoms with van der Waals surface area (Å²) in [5.74, 6) is -6.19. The lowest BCUT2D eigenvalue weighted by molar-refractivity contribution is -0.135. The first kappa shape index (κ1) is 52.0. The van der Waals surface area contributed by atoms with Crippen LogP contribution in [0.25, 0.3) is 10.4 Å². The highest BCUT2D eigenvalue weighted by Gasteiger charge is 2.33. The first-order valence-corrected chi connectivity index (χ1v) is 19.9. The van der Waals surface area contributed by atoms with Crippen molar-refractivity contribution in [2.45, 2.75) is 116 Å². The van der Waals surface area contributed by atoms with Gasteiger partial charge in [0.15, 0.2) is 5.96 Å². The van der Waals surface area contributed by atoms with Crippen LogP contribution in [0.15, 0.2) is 34.4 Å². The van der Waals surface area contributed by atoms with Crippen LogP contribution in [-0.4, -0.2) is 108 Å². The third-order valence-electron chi connectivity index (χ3n) is 9.67. The number of nitrogens with zero attached hydrogens (tertiary/aromatic N) is 4. The second-order valence-corrected chi connectivity index (χ2v) is 15.0. The fourth-order valence-corrected chi connectivity index (χ4v) is 5.77. The number of hydrogen-bond donors (Lipinski definition) is 11. The number of guanidine groups is 1. The van der Waals surface area contributed by atoms with Gasteiger partial charge < -0.3 is 59.9 Å². The number of aliphatic imine (C=N–C) groups is 1. The van der Waals surface area contributed by atoms with E-state index in [-0.39, 0.29) is 50.0 Å². The van der Waals surface area contributed by atoms with Crippen molar-refractivity contribution in [3.63, 3.8) is 0 Å². The minimum absolute atomic E-state index is 0.0112. The quantitative estimate of drug-likeness (QED) is 0.0124. The molecule has 15 N–H and O–H groups in total. The summed E-state index contributed by atoms with van der Waals surface area (Å²) >= 11 is 0. The van der Waals surface area contributed by atoms with Crippen LogP contribution < -0.4 is 54.8 Å². The third kappa shape index (κ3) is 18.7. The number of benzene rings is 1. The van der Waals surface area contributed by atoms with Crippen molar-refractivity contribution in [2.75, 3.05) is 19.7 Å². The zero-order chi connectivity index (χ0) is 45.5. The molecule has 1 aromatic carbocycles. The van der Waals surface area contributed by atoms with Crippen molar-refractivity contribution >= 4 is 53.0 Å². The van der Waals surface area contributed by atoms with E-state index >= 15 is 0 Å². The Kier molecular flexibility index (Phi) is 23.3. The number of azide groups is 1. The lowest BCUT2D eigenvalue weighted by atomic mass is 9.96. The molecule has 22 heteroatoms. The minimum Gasteiger partial charge on any atom is -0.394 e. The van der Waals surface area contributed by atoms with Crippen molar-refractivity contribution in [3.05, 3.63) is 40.3 Å². The number of carbonyl (C=O) groups is 7. The number of aliphatic hydroxyl groups excluding tert-OH is 1. The SMILES string of the molecule is CC[C@H](C)[C@H](NC(=O)[C@H](Cc1ccc(N=[N+]=[N-])cc1)NC(=O)[C@H](CCCN=C(N)N)NC(=O)CNC(=O)[C@@H](NC(=O)[C@H](CC(C)C)NC(=O)[C@@H](N)CO)[C@@H](C)CC)C(N)=O. The van der Waals surface area contributed by atoms with Gasteiger partial charge in [0.1, 0.15) is 36.3 Å². The van der Waals surface area contributed by atoms with Crippen LogP contribution in [0.3, 0.4) is 0 Å². The van der Waals surface area contributed by atoms with Gasteiger partial charge in [0.25, 0.3) is 0 Å². The van der Waals surface area contributed by atoms with Gasteiger partial charge in [-0.3, -0.25) is 38.6 Å². The molecule has 1 aromatic rings. The topological polar surface area (TPSA) is 377 Å². The maximum atomic E-state index is 13.9. The zero-order valence-electron chi connectivity index (χ0n) is 35.3. The summed E-state index contributed by atoms with van der Waals surface area (Å²) in [4.78, 5) is 99.2. The number of aliphatic hydroxyl groups is 1. The van der Waals surface area contributed by atoms with Crippen molar-refractivity contribution in [2.24, 2.45) is 50.8 Å². The van der Waals surface area contributed by atoms with Gasteiger partial charge in [-0.15, -0.1) is 0 Å². The molecule has 0 heterocycles. The molecule has 8 atom stereocenters. The third-order valence-corrected chi connectivity index (χ3v) is 9.67. The molecule has 0 saturated carbocycles. The molecule has 0 spiro atoms. The summed E-state index contributed by atoms with van der Waals surface area (Å²) in [6.07, 6.45) is 1.27. The number of rotatable bonds is 27. The van der Waals surface area contributed by atoms with Gasteiger partial charge in [-0.1, -0.05) is 83.8 Å². The molecule has 0 aliphatic carbocycles. The Morgan fingerprint density at radius 1 is 0.750 bits per heavy atom. The number of carbonyl (C=O) groups excluding carboxylic acids is 7. The van der Waals surface area contributed by atoms with E-state index in [0.29, 0.717) is 24.1 Å². The fraction of sp³-hybridized carbons (Fsp3) is 0.632. The van der Waals surface area contributed by atoms with Gasteiger partial charge in [-0.2, -0.15) is 0 Å². The Labute approximate surface area is 350 Å². The van der Waals surface area contributed by atoms with E-state index in [1.807, 2.05) is 20.8 Å². The normalized spacial score (nSPS) is 14.9. The minimum atomic E-state index is -1.28. The Bertz CT molecular complexity index is 1680. The molecule has 7 amide bonds. The molecule has 0 radical (unpaired) electrons. The van der Waals surface area contributed by atoms with Crippen LogP contribution in [0.5, 0.6) is 0 Å². The van der Waals surface area contributed by atoms with Crippen LogP contribution >= 0.6 is 0 Å². The Morgan fingerprint density at radius 3 is 1.83 bits per heavy atom. The second-order valence-electron chi connectivity index (χ2n) is 15.0. The lowest BCUT2D eigenvalue weighted by Gasteiger charge is -2.28. The maximum absolute atomic E-state index is 13.9. The standard InChI is InChI=1S/C38H64N14O8/c1-7-21(5)30(32(40)55)49-36(59)28(17-23-11-13-24(14-12-23)51-52-43)48-34(57)26(10-9-15-44-38(41)42)46-29(54)18-45-37(60)31(22(6)8-2)50-35(58)27(16-20(3)4)47-33(56)25(39)19-53/h11-14,20-22,25-28,30-31,53H,7-10,15-19,39H2,1-6H3,(H2,40,55)(H,45,60)(H,46,54)(H,47,56)(H,48,57)(H,49,59)(H,50,58)(H4,41,42,44)/t21-,22-,25-,26-,27-,28-,30-,31-/m0/s1. The van der Waals surface area contributed by atoms with Crippen molar-refractivity contribution in [3.8, 4) is 0 Å². The fourth-order valence-electron chi connectivity index (χ4n) is 5.77. The van der Waals surface area contributed by atoms with Crippen molar-refractivity contribution in [1.29, 1.82) is 0 Å². The molecule has 60 heavy (non-hydrogen) atoms. The Morgan fingerprint density at radius 2 is 1.30 bits per heavy atom.